The van der Waals surface area contributed by atoms with E-state index in [9.17, 15) is 0 Å². The van der Waals surface area contributed by atoms with Gasteiger partial charge >= 0.3 is 0 Å². The number of aryl methyl sites for hydroxylation is 1. The normalized spacial score (nSPS) is 16.6. The molecule has 0 saturated carbocycles. The SMILES string of the molecule is CCc1nc2ccnc(N3CCNCC3)c2o1. The minimum Gasteiger partial charge on any atom is -0.437 e. The number of fused-ring (bicyclic) bond motifs is 1. The zero-order chi connectivity index (χ0) is 11.7. The highest BCUT2D eigenvalue weighted by Gasteiger charge is 2.17. The van der Waals surface area contributed by atoms with Gasteiger partial charge in [-0.25, -0.2) is 9.97 Å². The number of anilines is 1. The first kappa shape index (κ1) is 10.5. The number of hydrogen-bond donors (Lipinski definition) is 1. The maximum Gasteiger partial charge on any atom is 0.197 e. The van der Waals surface area contributed by atoms with E-state index in [0.29, 0.717) is 0 Å². The molecule has 0 aromatic carbocycles. The highest BCUT2D eigenvalue weighted by molar-refractivity contribution is 5.84. The van der Waals surface area contributed by atoms with E-state index in [2.05, 4.69) is 20.2 Å². The Kier molecular flexibility index (Phi) is 2.68. The molecule has 0 spiro atoms. The molecule has 1 N–H and O–H groups in total. The molecule has 1 fully saturated rings. The Labute approximate surface area is 99.8 Å². The van der Waals surface area contributed by atoms with Crippen molar-refractivity contribution in [3.63, 3.8) is 0 Å². The van der Waals surface area contributed by atoms with Crippen molar-refractivity contribution >= 4 is 16.9 Å². The first-order valence-corrected chi connectivity index (χ1v) is 6.08. The summed E-state index contributed by atoms with van der Waals surface area (Å²) in [6, 6.07) is 1.91. The minimum atomic E-state index is 0.782. The predicted molar refractivity (Wildman–Crippen MR) is 66.3 cm³/mol. The van der Waals surface area contributed by atoms with Gasteiger partial charge in [0.25, 0.3) is 0 Å². The van der Waals surface area contributed by atoms with Crippen molar-refractivity contribution in [2.45, 2.75) is 13.3 Å². The molecule has 2 aromatic heterocycles. The van der Waals surface area contributed by atoms with Crippen LogP contribution in [0.2, 0.25) is 0 Å². The second kappa shape index (κ2) is 4.33. The van der Waals surface area contributed by atoms with E-state index in [1.807, 2.05) is 19.2 Å². The molecule has 17 heavy (non-hydrogen) atoms. The van der Waals surface area contributed by atoms with Gasteiger partial charge in [0.2, 0.25) is 0 Å². The van der Waals surface area contributed by atoms with Gasteiger partial charge in [0, 0.05) is 38.8 Å². The van der Waals surface area contributed by atoms with Crippen LogP contribution in [-0.2, 0) is 6.42 Å². The molecule has 3 heterocycles. The van der Waals surface area contributed by atoms with E-state index in [-0.39, 0.29) is 0 Å². The van der Waals surface area contributed by atoms with Crippen molar-refractivity contribution in [2.75, 3.05) is 31.1 Å². The van der Waals surface area contributed by atoms with Crippen LogP contribution in [0.15, 0.2) is 16.7 Å². The molecule has 1 aliphatic rings. The monoisotopic (exact) mass is 232 g/mol. The highest BCUT2D eigenvalue weighted by Crippen LogP contribution is 2.25. The van der Waals surface area contributed by atoms with Crippen LogP contribution in [0.5, 0.6) is 0 Å². The number of rotatable bonds is 2. The molecule has 5 heteroatoms. The lowest BCUT2D eigenvalue weighted by Gasteiger charge is -2.28. The lowest BCUT2D eigenvalue weighted by molar-refractivity contribution is 0.531. The number of piperazine rings is 1. The van der Waals surface area contributed by atoms with Crippen molar-refractivity contribution in [3.05, 3.63) is 18.2 Å². The number of pyridine rings is 1. The third kappa shape index (κ3) is 1.86. The predicted octanol–water partition coefficient (Wildman–Crippen LogP) is 1.19. The topological polar surface area (TPSA) is 54.2 Å². The summed E-state index contributed by atoms with van der Waals surface area (Å²) in [5.74, 6) is 1.71. The van der Waals surface area contributed by atoms with Gasteiger partial charge < -0.3 is 14.6 Å². The van der Waals surface area contributed by atoms with Crippen molar-refractivity contribution < 1.29 is 4.42 Å². The highest BCUT2D eigenvalue weighted by atomic mass is 16.3. The molecule has 2 aromatic rings. The Hall–Kier alpha value is -1.62. The summed E-state index contributed by atoms with van der Waals surface area (Å²) in [6.45, 7) is 5.96. The molecule has 1 aliphatic heterocycles. The molecular weight excluding hydrogens is 216 g/mol. The number of aromatic nitrogens is 2. The minimum absolute atomic E-state index is 0.782. The van der Waals surface area contributed by atoms with E-state index < -0.39 is 0 Å². The summed E-state index contributed by atoms with van der Waals surface area (Å²) in [7, 11) is 0. The number of hydrogen-bond acceptors (Lipinski definition) is 5. The molecule has 0 atom stereocenters. The number of nitrogens with zero attached hydrogens (tertiary/aromatic N) is 3. The van der Waals surface area contributed by atoms with E-state index in [1.165, 1.54) is 0 Å². The average molecular weight is 232 g/mol. The van der Waals surface area contributed by atoms with Gasteiger partial charge in [-0.15, -0.1) is 0 Å². The van der Waals surface area contributed by atoms with Crippen LogP contribution < -0.4 is 10.2 Å². The Balaban J connectivity index is 2.05. The fourth-order valence-electron chi connectivity index (χ4n) is 2.14. The van der Waals surface area contributed by atoms with Gasteiger partial charge in [-0.2, -0.15) is 0 Å². The van der Waals surface area contributed by atoms with E-state index >= 15 is 0 Å². The van der Waals surface area contributed by atoms with Crippen molar-refractivity contribution in [1.29, 1.82) is 0 Å². The molecule has 0 amide bonds. The summed E-state index contributed by atoms with van der Waals surface area (Å²) in [6.07, 6.45) is 2.62. The van der Waals surface area contributed by atoms with Gasteiger partial charge in [-0.05, 0) is 6.07 Å². The maximum atomic E-state index is 5.77. The Bertz CT molecular complexity index is 516. The molecule has 0 radical (unpaired) electrons. The lowest BCUT2D eigenvalue weighted by atomic mass is 10.3. The van der Waals surface area contributed by atoms with Gasteiger partial charge in [0.05, 0.1) is 0 Å². The van der Waals surface area contributed by atoms with Crippen molar-refractivity contribution in [2.24, 2.45) is 0 Å². The summed E-state index contributed by atoms with van der Waals surface area (Å²) < 4.78 is 5.77. The molecule has 3 rings (SSSR count). The van der Waals surface area contributed by atoms with Crippen LogP contribution in [0.25, 0.3) is 11.1 Å². The van der Waals surface area contributed by atoms with E-state index in [1.54, 1.807) is 0 Å². The molecule has 1 saturated heterocycles. The number of nitrogens with one attached hydrogen (secondary N) is 1. The Morgan fingerprint density at radius 1 is 1.41 bits per heavy atom. The second-order valence-electron chi connectivity index (χ2n) is 4.18. The first-order chi connectivity index (χ1) is 8.38. The molecular formula is C12H16N4O. The van der Waals surface area contributed by atoms with Crippen molar-refractivity contribution in [1.82, 2.24) is 15.3 Å². The van der Waals surface area contributed by atoms with E-state index in [0.717, 1.165) is 55.4 Å². The first-order valence-electron chi connectivity index (χ1n) is 6.08. The van der Waals surface area contributed by atoms with Gasteiger partial charge in [-0.3, -0.25) is 0 Å². The van der Waals surface area contributed by atoms with Crippen LogP contribution in [0, 0.1) is 0 Å². The van der Waals surface area contributed by atoms with Crippen LogP contribution in [0.4, 0.5) is 5.82 Å². The van der Waals surface area contributed by atoms with Gasteiger partial charge in [0.15, 0.2) is 17.3 Å². The Morgan fingerprint density at radius 3 is 3.00 bits per heavy atom. The largest absolute Gasteiger partial charge is 0.437 e. The standard InChI is InChI=1S/C12H16N4O/c1-2-10-15-9-3-4-14-12(11(9)17-10)16-7-5-13-6-8-16/h3-4,13H,2,5-8H2,1H3. The van der Waals surface area contributed by atoms with Gasteiger partial charge in [-0.1, -0.05) is 6.92 Å². The average Bonchev–Trinajstić information content (AvgIpc) is 2.82. The van der Waals surface area contributed by atoms with Crippen molar-refractivity contribution in [3.8, 4) is 0 Å². The third-order valence-corrected chi connectivity index (χ3v) is 3.05. The summed E-state index contributed by atoms with van der Waals surface area (Å²) in [5.41, 5.74) is 1.73. The van der Waals surface area contributed by atoms with Crippen LogP contribution in [0.3, 0.4) is 0 Å². The molecule has 0 aliphatic carbocycles. The fourth-order valence-corrected chi connectivity index (χ4v) is 2.14. The van der Waals surface area contributed by atoms with Crippen LogP contribution in [-0.4, -0.2) is 36.1 Å². The van der Waals surface area contributed by atoms with E-state index in [4.69, 9.17) is 4.42 Å². The fraction of sp³-hybridized carbons (Fsp3) is 0.500. The summed E-state index contributed by atoms with van der Waals surface area (Å²) in [4.78, 5) is 11.1. The molecule has 90 valence electrons. The maximum absolute atomic E-state index is 5.77. The molecule has 0 unspecified atom stereocenters. The summed E-state index contributed by atoms with van der Waals surface area (Å²) in [5, 5.41) is 3.33. The second-order valence-corrected chi connectivity index (χ2v) is 4.18. The summed E-state index contributed by atoms with van der Waals surface area (Å²) >= 11 is 0. The zero-order valence-electron chi connectivity index (χ0n) is 9.94. The third-order valence-electron chi connectivity index (χ3n) is 3.05. The lowest BCUT2D eigenvalue weighted by Crippen LogP contribution is -2.43. The molecule has 5 nitrogen and oxygen atoms in total. The smallest absolute Gasteiger partial charge is 0.197 e. The van der Waals surface area contributed by atoms with Gasteiger partial charge in [0.1, 0.15) is 5.52 Å². The Morgan fingerprint density at radius 2 is 2.24 bits per heavy atom. The quantitative estimate of drug-likeness (QED) is 0.843. The molecule has 0 bridgehead atoms. The zero-order valence-corrected chi connectivity index (χ0v) is 9.94. The van der Waals surface area contributed by atoms with Crippen LogP contribution in [0.1, 0.15) is 12.8 Å². The number of oxazole rings is 1. The van der Waals surface area contributed by atoms with Crippen LogP contribution >= 0.6 is 0 Å².